The quantitative estimate of drug-likeness (QED) is 0.846. The second kappa shape index (κ2) is 5.86. The minimum atomic E-state index is -0.248. The summed E-state index contributed by atoms with van der Waals surface area (Å²) < 4.78 is 13.4. The number of carbonyl (C=O) groups is 1. The van der Waals surface area contributed by atoms with E-state index in [1.165, 1.54) is 0 Å². The van der Waals surface area contributed by atoms with Gasteiger partial charge >= 0.3 is 0 Å². The summed E-state index contributed by atoms with van der Waals surface area (Å²) in [4.78, 5) is 19.5. The molecule has 2 atom stereocenters. The van der Waals surface area contributed by atoms with Crippen LogP contribution in [-0.2, 0) is 9.47 Å². The third kappa shape index (κ3) is 2.50. The van der Waals surface area contributed by atoms with Gasteiger partial charge in [0.15, 0.2) is 0 Å². The van der Waals surface area contributed by atoms with Crippen molar-refractivity contribution in [1.82, 2.24) is 14.3 Å². The highest BCUT2D eigenvalue weighted by Crippen LogP contribution is 2.36. The summed E-state index contributed by atoms with van der Waals surface area (Å²) in [7, 11) is 1.72. The predicted octanol–water partition coefficient (Wildman–Crippen LogP) is 2.05. The van der Waals surface area contributed by atoms with E-state index in [0.717, 1.165) is 37.1 Å². The first-order chi connectivity index (χ1) is 11.6. The van der Waals surface area contributed by atoms with Crippen LogP contribution in [0.3, 0.4) is 0 Å². The smallest absolute Gasteiger partial charge is 0.274 e. The van der Waals surface area contributed by atoms with Gasteiger partial charge in [0.05, 0.1) is 30.6 Å². The minimum Gasteiger partial charge on any atom is -0.379 e. The van der Waals surface area contributed by atoms with Crippen molar-refractivity contribution in [1.29, 1.82) is 0 Å². The van der Waals surface area contributed by atoms with Crippen LogP contribution in [0.1, 0.15) is 35.4 Å². The number of aryl methyl sites for hydroxylation is 1. The fraction of sp³-hybridized carbons (Fsp3) is 0.556. The SMILES string of the molecule is CO[C@H]1CO[C@]2(CCCN(C(=O)c3nc4ccccn4c3C)C2)C1. The van der Waals surface area contributed by atoms with Gasteiger partial charge in [-0.3, -0.25) is 4.79 Å². The van der Waals surface area contributed by atoms with Crippen molar-refractivity contribution >= 4 is 11.6 Å². The van der Waals surface area contributed by atoms with Crippen molar-refractivity contribution in [3.63, 3.8) is 0 Å². The molecule has 4 rings (SSSR count). The predicted molar refractivity (Wildman–Crippen MR) is 89.2 cm³/mol. The van der Waals surface area contributed by atoms with E-state index in [1.54, 1.807) is 7.11 Å². The molecule has 0 unspecified atom stereocenters. The highest BCUT2D eigenvalue weighted by Gasteiger charge is 2.45. The van der Waals surface area contributed by atoms with E-state index in [-0.39, 0.29) is 17.6 Å². The van der Waals surface area contributed by atoms with Crippen LogP contribution in [0.5, 0.6) is 0 Å². The highest BCUT2D eigenvalue weighted by atomic mass is 16.6. The maximum Gasteiger partial charge on any atom is 0.274 e. The molecule has 2 aliphatic heterocycles. The maximum atomic E-state index is 13.0. The second-order valence-electron chi connectivity index (χ2n) is 6.86. The fourth-order valence-corrected chi connectivity index (χ4v) is 3.98. The average Bonchev–Trinajstić information content (AvgIpc) is 3.16. The number of ether oxygens (including phenoxy) is 2. The van der Waals surface area contributed by atoms with E-state index < -0.39 is 0 Å². The molecule has 24 heavy (non-hydrogen) atoms. The number of aromatic nitrogens is 2. The van der Waals surface area contributed by atoms with Crippen LogP contribution in [0.15, 0.2) is 24.4 Å². The monoisotopic (exact) mass is 329 g/mol. The van der Waals surface area contributed by atoms with Crippen LogP contribution in [0.4, 0.5) is 0 Å². The normalized spacial score (nSPS) is 27.2. The first-order valence-corrected chi connectivity index (χ1v) is 8.52. The number of piperidine rings is 1. The van der Waals surface area contributed by atoms with Gasteiger partial charge in [0.2, 0.25) is 0 Å². The molecule has 1 amide bonds. The largest absolute Gasteiger partial charge is 0.379 e. The van der Waals surface area contributed by atoms with E-state index in [1.807, 2.05) is 40.6 Å². The Morgan fingerprint density at radius 3 is 3.08 bits per heavy atom. The molecular formula is C18H23N3O3. The molecule has 2 aromatic heterocycles. The highest BCUT2D eigenvalue weighted by molar-refractivity contribution is 5.94. The number of hydrogen-bond donors (Lipinski definition) is 0. The minimum absolute atomic E-state index is 0.000239. The van der Waals surface area contributed by atoms with Gasteiger partial charge in [-0.2, -0.15) is 0 Å². The second-order valence-corrected chi connectivity index (χ2v) is 6.86. The Bertz CT molecular complexity index is 772. The first-order valence-electron chi connectivity index (χ1n) is 8.52. The van der Waals surface area contributed by atoms with Gasteiger partial charge in [-0.25, -0.2) is 4.98 Å². The number of fused-ring (bicyclic) bond motifs is 1. The first kappa shape index (κ1) is 15.6. The van der Waals surface area contributed by atoms with Crippen molar-refractivity contribution in [3.8, 4) is 0 Å². The lowest BCUT2D eigenvalue weighted by Crippen LogP contribution is -2.50. The van der Waals surface area contributed by atoms with E-state index in [0.29, 0.717) is 18.8 Å². The Hall–Kier alpha value is -1.92. The number of imidazole rings is 1. The maximum absolute atomic E-state index is 13.0. The molecular weight excluding hydrogens is 306 g/mol. The van der Waals surface area contributed by atoms with Crippen molar-refractivity contribution < 1.29 is 14.3 Å². The van der Waals surface area contributed by atoms with Crippen LogP contribution in [0.2, 0.25) is 0 Å². The van der Waals surface area contributed by atoms with Crippen molar-refractivity contribution in [2.75, 3.05) is 26.8 Å². The summed E-state index contributed by atoms with van der Waals surface area (Å²) in [6.07, 6.45) is 4.87. The summed E-state index contributed by atoms with van der Waals surface area (Å²) in [5.41, 5.74) is 1.99. The molecule has 2 saturated heterocycles. The molecule has 6 heteroatoms. The third-order valence-electron chi connectivity index (χ3n) is 5.31. The van der Waals surface area contributed by atoms with Gasteiger partial charge in [-0.15, -0.1) is 0 Å². The van der Waals surface area contributed by atoms with Crippen molar-refractivity contribution in [2.24, 2.45) is 0 Å². The van der Waals surface area contributed by atoms with Crippen LogP contribution >= 0.6 is 0 Å². The molecule has 0 saturated carbocycles. The molecule has 1 spiro atoms. The Kier molecular flexibility index (Phi) is 3.81. The number of methoxy groups -OCH3 is 1. The number of rotatable bonds is 2. The number of likely N-dealkylation sites (tertiary alicyclic amines) is 1. The molecule has 2 aliphatic rings. The van der Waals surface area contributed by atoms with Gasteiger partial charge in [-0.05, 0) is 31.9 Å². The van der Waals surface area contributed by atoms with Gasteiger partial charge in [0, 0.05) is 26.3 Å². The van der Waals surface area contributed by atoms with E-state index >= 15 is 0 Å². The van der Waals surface area contributed by atoms with Crippen LogP contribution in [0, 0.1) is 6.92 Å². The number of carbonyl (C=O) groups excluding carboxylic acids is 1. The summed E-state index contributed by atoms with van der Waals surface area (Å²) in [6.45, 7) is 3.94. The summed E-state index contributed by atoms with van der Waals surface area (Å²) in [5.74, 6) is -0.000239. The molecule has 0 aromatic carbocycles. The Morgan fingerprint density at radius 2 is 2.33 bits per heavy atom. The Morgan fingerprint density at radius 1 is 1.46 bits per heavy atom. The number of nitrogens with zero attached hydrogens (tertiary/aromatic N) is 3. The summed E-state index contributed by atoms with van der Waals surface area (Å²) in [6, 6.07) is 5.80. The standard InChI is InChI=1S/C18H23N3O3/c1-13-16(19-15-6-3-4-9-21(13)15)17(22)20-8-5-7-18(12-20)10-14(23-2)11-24-18/h3-4,6,9,14H,5,7-8,10-12H2,1-2H3/t14-,18-/m1/s1. The molecule has 0 radical (unpaired) electrons. The van der Waals surface area contributed by atoms with E-state index in [4.69, 9.17) is 9.47 Å². The van der Waals surface area contributed by atoms with Crippen LogP contribution in [-0.4, -0.2) is 58.7 Å². The number of amides is 1. The molecule has 0 aliphatic carbocycles. The number of hydrogen-bond acceptors (Lipinski definition) is 4. The molecule has 0 N–H and O–H groups in total. The zero-order valence-electron chi connectivity index (χ0n) is 14.2. The van der Waals surface area contributed by atoms with Crippen molar-refractivity contribution in [3.05, 3.63) is 35.8 Å². The fourth-order valence-electron chi connectivity index (χ4n) is 3.98. The molecule has 0 bridgehead atoms. The Labute approximate surface area is 141 Å². The zero-order chi connectivity index (χ0) is 16.7. The lowest BCUT2D eigenvalue weighted by molar-refractivity contribution is -0.0459. The van der Waals surface area contributed by atoms with E-state index in [9.17, 15) is 4.79 Å². The van der Waals surface area contributed by atoms with Crippen LogP contribution < -0.4 is 0 Å². The number of pyridine rings is 1. The van der Waals surface area contributed by atoms with Gasteiger partial charge in [0.1, 0.15) is 11.3 Å². The Balaban J connectivity index is 1.58. The molecule has 2 aromatic rings. The summed E-state index contributed by atoms with van der Waals surface area (Å²) >= 11 is 0. The molecule has 2 fully saturated rings. The van der Waals surface area contributed by atoms with Gasteiger partial charge < -0.3 is 18.8 Å². The van der Waals surface area contributed by atoms with Gasteiger partial charge in [0.25, 0.3) is 5.91 Å². The topological polar surface area (TPSA) is 56.1 Å². The summed E-state index contributed by atoms with van der Waals surface area (Å²) in [5, 5.41) is 0. The third-order valence-corrected chi connectivity index (χ3v) is 5.31. The lowest BCUT2D eigenvalue weighted by atomic mass is 9.89. The van der Waals surface area contributed by atoms with Gasteiger partial charge in [-0.1, -0.05) is 6.07 Å². The van der Waals surface area contributed by atoms with Crippen LogP contribution in [0.25, 0.3) is 5.65 Å². The lowest BCUT2D eigenvalue weighted by Gasteiger charge is -2.39. The zero-order valence-corrected chi connectivity index (χ0v) is 14.2. The van der Waals surface area contributed by atoms with Crippen molar-refractivity contribution in [2.45, 2.75) is 37.9 Å². The molecule has 128 valence electrons. The molecule has 4 heterocycles. The molecule has 6 nitrogen and oxygen atoms in total. The average molecular weight is 329 g/mol. The van der Waals surface area contributed by atoms with E-state index in [2.05, 4.69) is 4.98 Å².